The molecule has 1 amide bonds. The first-order chi connectivity index (χ1) is 10.7. The van der Waals surface area contributed by atoms with E-state index in [2.05, 4.69) is 9.88 Å². The minimum absolute atomic E-state index is 0.167. The van der Waals surface area contributed by atoms with Crippen LogP contribution >= 0.6 is 0 Å². The Morgan fingerprint density at radius 3 is 3.00 bits per heavy atom. The maximum absolute atomic E-state index is 12.4. The lowest BCUT2D eigenvalue weighted by molar-refractivity contribution is -0.140. The molecule has 1 aromatic rings. The summed E-state index contributed by atoms with van der Waals surface area (Å²) in [5.41, 5.74) is 6.97. The number of pyridine rings is 1. The van der Waals surface area contributed by atoms with Crippen LogP contribution in [0.25, 0.3) is 0 Å². The molecule has 2 aliphatic heterocycles. The molecule has 0 unspecified atom stereocenters. The molecule has 2 aliphatic rings. The van der Waals surface area contributed by atoms with Crippen molar-refractivity contribution in [1.29, 1.82) is 0 Å². The van der Waals surface area contributed by atoms with Crippen molar-refractivity contribution >= 4 is 11.7 Å². The zero-order valence-corrected chi connectivity index (χ0v) is 12.9. The molecule has 1 atom stereocenters. The molecule has 120 valence electrons. The lowest BCUT2D eigenvalue weighted by Gasteiger charge is -2.24. The summed E-state index contributed by atoms with van der Waals surface area (Å²) < 4.78 is 5.52. The van der Waals surface area contributed by atoms with Crippen LogP contribution in [0.2, 0.25) is 0 Å². The summed E-state index contributed by atoms with van der Waals surface area (Å²) >= 11 is 0. The van der Waals surface area contributed by atoms with Crippen LogP contribution in [-0.2, 0) is 16.1 Å². The zero-order chi connectivity index (χ0) is 15.4. The molecule has 0 radical (unpaired) electrons. The van der Waals surface area contributed by atoms with E-state index in [4.69, 9.17) is 10.5 Å². The number of amides is 1. The minimum Gasteiger partial charge on any atom is -0.383 e. The second kappa shape index (κ2) is 7.07. The minimum atomic E-state index is -0.208. The molecule has 0 bridgehead atoms. The van der Waals surface area contributed by atoms with Crippen molar-refractivity contribution in [2.45, 2.75) is 31.9 Å². The number of rotatable bonds is 3. The van der Waals surface area contributed by atoms with Gasteiger partial charge in [0.2, 0.25) is 0 Å². The standard InChI is InChI=1S/C16H24N4O2/c17-15-13(4-1-6-18-15)12-19-7-3-8-20(10-9-19)16(21)14-5-2-11-22-14/h1,4,6,14H,2-3,5,7-12H2,(H2,17,18)/t14-/m0/s1. The van der Waals surface area contributed by atoms with Gasteiger partial charge in [0.1, 0.15) is 11.9 Å². The maximum Gasteiger partial charge on any atom is 0.251 e. The van der Waals surface area contributed by atoms with Gasteiger partial charge < -0.3 is 15.4 Å². The highest BCUT2D eigenvalue weighted by atomic mass is 16.5. The maximum atomic E-state index is 12.4. The molecule has 6 heteroatoms. The molecule has 2 N–H and O–H groups in total. The van der Waals surface area contributed by atoms with Gasteiger partial charge in [0.05, 0.1) is 0 Å². The number of nitrogen functional groups attached to an aromatic ring is 1. The van der Waals surface area contributed by atoms with Crippen LogP contribution in [0.15, 0.2) is 18.3 Å². The summed E-state index contributed by atoms with van der Waals surface area (Å²) in [6.45, 7) is 4.94. The third-order valence-corrected chi connectivity index (χ3v) is 4.43. The van der Waals surface area contributed by atoms with Gasteiger partial charge in [-0.15, -0.1) is 0 Å². The first kappa shape index (κ1) is 15.2. The van der Waals surface area contributed by atoms with Crippen molar-refractivity contribution in [3.8, 4) is 0 Å². The number of carbonyl (C=O) groups is 1. The number of ether oxygens (including phenoxy) is 1. The van der Waals surface area contributed by atoms with Crippen LogP contribution in [-0.4, -0.2) is 59.6 Å². The van der Waals surface area contributed by atoms with Gasteiger partial charge in [0.25, 0.3) is 5.91 Å². The molecule has 3 rings (SSSR count). The fourth-order valence-corrected chi connectivity index (χ4v) is 3.15. The van der Waals surface area contributed by atoms with Gasteiger partial charge in [-0.2, -0.15) is 0 Å². The molecule has 0 spiro atoms. The number of nitrogens with zero attached hydrogens (tertiary/aromatic N) is 3. The highest BCUT2D eigenvalue weighted by Crippen LogP contribution is 2.17. The van der Waals surface area contributed by atoms with Crippen LogP contribution in [0.5, 0.6) is 0 Å². The number of anilines is 1. The van der Waals surface area contributed by atoms with E-state index in [0.29, 0.717) is 5.82 Å². The summed E-state index contributed by atoms with van der Waals surface area (Å²) in [6, 6.07) is 3.93. The number of hydrogen-bond donors (Lipinski definition) is 1. The molecule has 1 aromatic heterocycles. The molecular formula is C16H24N4O2. The van der Waals surface area contributed by atoms with Crippen molar-refractivity contribution < 1.29 is 9.53 Å². The smallest absolute Gasteiger partial charge is 0.251 e. The SMILES string of the molecule is Nc1ncccc1CN1CCCN(C(=O)[C@@H]2CCCO2)CC1. The predicted octanol–water partition coefficient (Wildman–Crippen LogP) is 0.877. The van der Waals surface area contributed by atoms with Crippen molar-refractivity contribution in [3.63, 3.8) is 0 Å². The summed E-state index contributed by atoms with van der Waals surface area (Å²) in [5, 5.41) is 0. The highest BCUT2D eigenvalue weighted by molar-refractivity contribution is 5.81. The Labute approximate surface area is 131 Å². The fraction of sp³-hybridized carbons (Fsp3) is 0.625. The largest absolute Gasteiger partial charge is 0.383 e. The van der Waals surface area contributed by atoms with Crippen molar-refractivity contribution in [2.24, 2.45) is 0 Å². The Balaban J connectivity index is 1.55. The predicted molar refractivity (Wildman–Crippen MR) is 84.1 cm³/mol. The van der Waals surface area contributed by atoms with Crippen molar-refractivity contribution in [3.05, 3.63) is 23.9 Å². The molecule has 0 aliphatic carbocycles. The van der Waals surface area contributed by atoms with E-state index in [1.54, 1.807) is 6.20 Å². The van der Waals surface area contributed by atoms with Crippen LogP contribution in [0.3, 0.4) is 0 Å². The molecule has 2 fully saturated rings. The Kier molecular flexibility index (Phi) is 4.90. The number of aromatic nitrogens is 1. The summed E-state index contributed by atoms with van der Waals surface area (Å²) in [5.74, 6) is 0.763. The van der Waals surface area contributed by atoms with E-state index in [9.17, 15) is 4.79 Å². The summed E-state index contributed by atoms with van der Waals surface area (Å²) in [6.07, 6.45) is 4.35. The van der Waals surface area contributed by atoms with Gasteiger partial charge in [0, 0.05) is 51.1 Å². The monoisotopic (exact) mass is 304 g/mol. The van der Waals surface area contributed by atoms with Gasteiger partial charge in [-0.05, 0) is 25.3 Å². The lowest BCUT2D eigenvalue weighted by atomic mass is 10.2. The Morgan fingerprint density at radius 1 is 1.32 bits per heavy atom. The quantitative estimate of drug-likeness (QED) is 0.897. The first-order valence-electron chi connectivity index (χ1n) is 8.06. The Bertz CT molecular complexity index is 517. The van der Waals surface area contributed by atoms with E-state index < -0.39 is 0 Å². The van der Waals surface area contributed by atoms with E-state index >= 15 is 0 Å². The third kappa shape index (κ3) is 3.56. The molecule has 3 heterocycles. The summed E-state index contributed by atoms with van der Waals surface area (Å²) in [4.78, 5) is 20.9. The second-order valence-corrected chi connectivity index (χ2v) is 6.00. The van der Waals surface area contributed by atoms with Crippen LogP contribution in [0.1, 0.15) is 24.8 Å². The van der Waals surface area contributed by atoms with Gasteiger partial charge >= 0.3 is 0 Å². The van der Waals surface area contributed by atoms with E-state index in [1.807, 2.05) is 17.0 Å². The molecule has 22 heavy (non-hydrogen) atoms. The van der Waals surface area contributed by atoms with Crippen molar-refractivity contribution in [2.75, 3.05) is 38.5 Å². The van der Waals surface area contributed by atoms with Gasteiger partial charge in [-0.25, -0.2) is 4.98 Å². The number of hydrogen-bond acceptors (Lipinski definition) is 5. The normalized spacial score (nSPS) is 23.5. The van der Waals surface area contributed by atoms with E-state index in [1.165, 1.54) is 0 Å². The van der Waals surface area contributed by atoms with E-state index in [0.717, 1.165) is 64.2 Å². The summed E-state index contributed by atoms with van der Waals surface area (Å²) in [7, 11) is 0. The molecular weight excluding hydrogens is 280 g/mol. The Hall–Kier alpha value is -1.66. The lowest BCUT2D eigenvalue weighted by Crippen LogP contribution is -2.41. The van der Waals surface area contributed by atoms with Gasteiger partial charge in [-0.1, -0.05) is 6.07 Å². The van der Waals surface area contributed by atoms with Crippen LogP contribution in [0, 0.1) is 0 Å². The highest BCUT2D eigenvalue weighted by Gasteiger charge is 2.29. The van der Waals surface area contributed by atoms with Crippen LogP contribution in [0.4, 0.5) is 5.82 Å². The molecule has 0 aromatic carbocycles. The van der Waals surface area contributed by atoms with Gasteiger partial charge in [-0.3, -0.25) is 9.69 Å². The Morgan fingerprint density at radius 2 is 2.23 bits per heavy atom. The van der Waals surface area contributed by atoms with Gasteiger partial charge in [0.15, 0.2) is 0 Å². The second-order valence-electron chi connectivity index (χ2n) is 6.00. The molecule has 2 saturated heterocycles. The molecule has 6 nitrogen and oxygen atoms in total. The average molecular weight is 304 g/mol. The van der Waals surface area contributed by atoms with Crippen LogP contribution < -0.4 is 5.73 Å². The van der Waals surface area contributed by atoms with E-state index in [-0.39, 0.29) is 12.0 Å². The zero-order valence-electron chi connectivity index (χ0n) is 12.9. The third-order valence-electron chi connectivity index (χ3n) is 4.43. The number of nitrogens with two attached hydrogens (primary N) is 1. The average Bonchev–Trinajstić information content (AvgIpc) is 2.96. The van der Waals surface area contributed by atoms with Crippen molar-refractivity contribution in [1.82, 2.24) is 14.8 Å². The topological polar surface area (TPSA) is 71.7 Å². The fourth-order valence-electron chi connectivity index (χ4n) is 3.15. The number of carbonyl (C=O) groups excluding carboxylic acids is 1. The molecule has 0 saturated carbocycles. The first-order valence-corrected chi connectivity index (χ1v) is 8.06.